The lowest BCUT2D eigenvalue weighted by molar-refractivity contribution is 0.268. The molecule has 0 saturated carbocycles. The fourth-order valence-electron chi connectivity index (χ4n) is 3.00. The van der Waals surface area contributed by atoms with E-state index in [1.807, 2.05) is 0 Å². The van der Waals surface area contributed by atoms with Crippen molar-refractivity contribution in [2.24, 2.45) is 5.41 Å². The molecule has 1 aromatic heterocycles. The third-order valence-corrected chi connectivity index (χ3v) is 5.04. The summed E-state index contributed by atoms with van der Waals surface area (Å²) < 4.78 is 3.40. The van der Waals surface area contributed by atoms with Crippen LogP contribution >= 0.6 is 15.9 Å². The lowest BCUT2D eigenvalue weighted by Gasteiger charge is -2.30. The molecule has 1 atom stereocenters. The second kappa shape index (κ2) is 8.94. The molecule has 1 aromatic rings. The SMILES string of the molecule is CCCNCC(C)(CCC)Cc1c(Br)c(CC)nn1CC. The maximum absolute atomic E-state index is 4.74. The zero-order chi connectivity index (χ0) is 15.9. The Bertz CT molecular complexity index is 428. The molecule has 0 saturated heterocycles. The predicted molar refractivity (Wildman–Crippen MR) is 94.9 cm³/mol. The number of hydrogen-bond donors (Lipinski definition) is 1. The summed E-state index contributed by atoms with van der Waals surface area (Å²) in [4.78, 5) is 0. The van der Waals surface area contributed by atoms with Gasteiger partial charge >= 0.3 is 0 Å². The first kappa shape index (κ1) is 18.7. The molecule has 0 aromatic carbocycles. The van der Waals surface area contributed by atoms with Crippen LogP contribution in [0.1, 0.15) is 65.3 Å². The molecule has 0 aliphatic carbocycles. The molecule has 1 heterocycles. The Morgan fingerprint density at radius 3 is 2.43 bits per heavy atom. The van der Waals surface area contributed by atoms with Gasteiger partial charge in [0.2, 0.25) is 0 Å². The Labute approximate surface area is 139 Å². The van der Waals surface area contributed by atoms with E-state index in [0.29, 0.717) is 5.41 Å². The van der Waals surface area contributed by atoms with E-state index in [4.69, 9.17) is 5.10 Å². The highest BCUT2D eigenvalue weighted by atomic mass is 79.9. The largest absolute Gasteiger partial charge is 0.316 e. The van der Waals surface area contributed by atoms with Crippen LogP contribution in [0.3, 0.4) is 0 Å². The van der Waals surface area contributed by atoms with E-state index in [2.05, 4.69) is 60.5 Å². The van der Waals surface area contributed by atoms with Gasteiger partial charge in [0.15, 0.2) is 0 Å². The predicted octanol–water partition coefficient (Wildman–Crippen LogP) is 4.58. The molecule has 122 valence electrons. The van der Waals surface area contributed by atoms with Crippen LogP contribution < -0.4 is 5.32 Å². The van der Waals surface area contributed by atoms with Crippen molar-refractivity contribution in [1.82, 2.24) is 15.1 Å². The number of rotatable bonds is 10. The second-order valence-electron chi connectivity index (χ2n) is 6.29. The first-order valence-electron chi connectivity index (χ1n) is 8.46. The molecule has 0 fully saturated rings. The standard InChI is InChI=1S/C17H32BrN3/c1-6-10-17(5,13-19-11-7-2)12-15-16(18)14(8-3)20-21(15)9-4/h19H,6-13H2,1-5H3. The van der Waals surface area contributed by atoms with Crippen LogP contribution in [0.15, 0.2) is 4.47 Å². The van der Waals surface area contributed by atoms with Gasteiger partial charge in [-0.15, -0.1) is 0 Å². The Balaban J connectivity index is 2.94. The minimum absolute atomic E-state index is 0.296. The van der Waals surface area contributed by atoms with Crippen molar-refractivity contribution in [3.05, 3.63) is 15.9 Å². The monoisotopic (exact) mass is 357 g/mol. The van der Waals surface area contributed by atoms with Crippen molar-refractivity contribution >= 4 is 15.9 Å². The summed E-state index contributed by atoms with van der Waals surface area (Å²) in [7, 11) is 0. The Morgan fingerprint density at radius 2 is 1.90 bits per heavy atom. The van der Waals surface area contributed by atoms with E-state index in [1.165, 1.54) is 35.1 Å². The second-order valence-corrected chi connectivity index (χ2v) is 7.08. The van der Waals surface area contributed by atoms with Crippen LogP contribution in [0.5, 0.6) is 0 Å². The fourth-order valence-corrected chi connectivity index (χ4v) is 3.70. The van der Waals surface area contributed by atoms with Crippen molar-refractivity contribution in [3.8, 4) is 0 Å². The number of halogens is 1. The quantitative estimate of drug-likeness (QED) is 0.621. The third-order valence-electron chi connectivity index (χ3n) is 4.12. The molecule has 3 nitrogen and oxygen atoms in total. The van der Waals surface area contributed by atoms with E-state index in [1.54, 1.807) is 0 Å². The molecular weight excluding hydrogens is 326 g/mol. The van der Waals surface area contributed by atoms with Gasteiger partial charge in [-0.05, 0) is 60.5 Å². The molecule has 21 heavy (non-hydrogen) atoms. The molecule has 0 aliphatic heterocycles. The smallest absolute Gasteiger partial charge is 0.0766 e. The Morgan fingerprint density at radius 1 is 1.19 bits per heavy atom. The average molecular weight is 358 g/mol. The maximum Gasteiger partial charge on any atom is 0.0766 e. The molecule has 0 bridgehead atoms. The molecule has 4 heteroatoms. The zero-order valence-corrected chi connectivity index (χ0v) is 16.0. The van der Waals surface area contributed by atoms with Crippen molar-refractivity contribution in [3.63, 3.8) is 0 Å². The summed E-state index contributed by atoms with van der Waals surface area (Å²) in [6.45, 7) is 14.4. The van der Waals surface area contributed by atoms with Crippen molar-refractivity contribution < 1.29 is 0 Å². The molecule has 0 amide bonds. The number of aryl methyl sites for hydroxylation is 2. The van der Waals surface area contributed by atoms with Gasteiger partial charge in [-0.25, -0.2) is 0 Å². The van der Waals surface area contributed by atoms with Gasteiger partial charge in [0, 0.05) is 13.1 Å². The summed E-state index contributed by atoms with van der Waals surface area (Å²) in [6, 6.07) is 0. The third kappa shape index (κ3) is 5.10. The van der Waals surface area contributed by atoms with Gasteiger partial charge in [0.1, 0.15) is 0 Å². The highest BCUT2D eigenvalue weighted by molar-refractivity contribution is 9.10. The van der Waals surface area contributed by atoms with E-state index < -0.39 is 0 Å². The Kier molecular flexibility index (Phi) is 7.96. The van der Waals surface area contributed by atoms with Gasteiger partial charge < -0.3 is 5.32 Å². The number of nitrogens with one attached hydrogen (secondary N) is 1. The normalized spacial score (nSPS) is 14.4. The van der Waals surface area contributed by atoms with Crippen LogP contribution in [-0.2, 0) is 19.4 Å². The molecule has 1 rings (SSSR count). The van der Waals surface area contributed by atoms with Crippen molar-refractivity contribution in [2.75, 3.05) is 13.1 Å². The first-order valence-corrected chi connectivity index (χ1v) is 9.25. The molecule has 1 unspecified atom stereocenters. The van der Waals surface area contributed by atoms with E-state index in [-0.39, 0.29) is 0 Å². The zero-order valence-electron chi connectivity index (χ0n) is 14.4. The van der Waals surface area contributed by atoms with Gasteiger partial charge in [0.25, 0.3) is 0 Å². The summed E-state index contributed by atoms with van der Waals surface area (Å²) in [5.74, 6) is 0. The van der Waals surface area contributed by atoms with E-state index >= 15 is 0 Å². The number of aromatic nitrogens is 2. The molecule has 0 aliphatic rings. The summed E-state index contributed by atoms with van der Waals surface area (Å²) in [5.41, 5.74) is 2.85. The van der Waals surface area contributed by atoms with E-state index in [9.17, 15) is 0 Å². The minimum atomic E-state index is 0.296. The Hall–Kier alpha value is -0.350. The fraction of sp³-hybridized carbons (Fsp3) is 0.824. The molecule has 0 spiro atoms. The van der Waals surface area contributed by atoms with Gasteiger partial charge in [0.05, 0.1) is 15.9 Å². The highest BCUT2D eigenvalue weighted by Crippen LogP contribution is 2.32. The average Bonchev–Trinajstić information content (AvgIpc) is 2.75. The molecule has 1 N–H and O–H groups in total. The van der Waals surface area contributed by atoms with Gasteiger partial charge in [-0.3, -0.25) is 4.68 Å². The van der Waals surface area contributed by atoms with Crippen LogP contribution in [0.4, 0.5) is 0 Å². The van der Waals surface area contributed by atoms with Crippen LogP contribution in [-0.4, -0.2) is 22.9 Å². The topological polar surface area (TPSA) is 29.9 Å². The van der Waals surface area contributed by atoms with Crippen LogP contribution in [0.25, 0.3) is 0 Å². The molecule has 0 radical (unpaired) electrons. The summed E-state index contributed by atoms with van der Waals surface area (Å²) in [5, 5.41) is 8.35. The highest BCUT2D eigenvalue weighted by Gasteiger charge is 2.27. The number of nitrogens with zero attached hydrogens (tertiary/aromatic N) is 2. The van der Waals surface area contributed by atoms with Crippen molar-refractivity contribution in [2.45, 2.75) is 73.3 Å². The summed E-state index contributed by atoms with van der Waals surface area (Å²) >= 11 is 3.78. The molecular formula is C17H32BrN3. The maximum atomic E-state index is 4.74. The summed E-state index contributed by atoms with van der Waals surface area (Å²) in [6.07, 6.45) is 5.73. The first-order chi connectivity index (χ1) is 10.0. The van der Waals surface area contributed by atoms with Gasteiger partial charge in [-0.1, -0.05) is 34.1 Å². The van der Waals surface area contributed by atoms with Crippen LogP contribution in [0.2, 0.25) is 0 Å². The van der Waals surface area contributed by atoms with Crippen molar-refractivity contribution in [1.29, 1.82) is 0 Å². The minimum Gasteiger partial charge on any atom is -0.316 e. The van der Waals surface area contributed by atoms with Gasteiger partial charge in [-0.2, -0.15) is 5.10 Å². The lowest BCUT2D eigenvalue weighted by atomic mass is 9.81. The lowest BCUT2D eigenvalue weighted by Crippen LogP contribution is -2.34. The van der Waals surface area contributed by atoms with Crippen LogP contribution in [0, 0.1) is 5.41 Å². The number of hydrogen-bond acceptors (Lipinski definition) is 2. The van der Waals surface area contributed by atoms with E-state index in [0.717, 1.165) is 32.5 Å².